The summed E-state index contributed by atoms with van der Waals surface area (Å²) < 4.78 is 6.06. The van der Waals surface area contributed by atoms with Gasteiger partial charge in [-0.2, -0.15) is 0 Å². The van der Waals surface area contributed by atoms with E-state index in [2.05, 4.69) is 25.9 Å². The first-order chi connectivity index (χ1) is 11.1. The number of carbonyl (C=O) groups excluding carboxylic acids is 1. The van der Waals surface area contributed by atoms with Crippen LogP contribution in [0.5, 0.6) is 0 Å². The number of hydrogen-bond donors (Lipinski definition) is 2. The van der Waals surface area contributed by atoms with Crippen LogP contribution in [0.25, 0.3) is 22.2 Å². The van der Waals surface area contributed by atoms with Gasteiger partial charge in [-0.1, -0.05) is 11.6 Å². The van der Waals surface area contributed by atoms with Crippen molar-refractivity contribution in [3.63, 3.8) is 0 Å². The molecule has 7 heteroatoms. The van der Waals surface area contributed by atoms with Crippen LogP contribution in [0.15, 0.2) is 34.9 Å². The highest BCUT2D eigenvalue weighted by molar-refractivity contribution is 9.10. The molecule has 1 unspecified atom stereocenters. The Morgan fingerprint density at radius 2 is 2.22 bits per heavy atom. The zero-order valence-corrected chi connectivity index (χ0v) is 15.6. The predicted molar refractivity (Wildman–Crippen MR) is 99.4 cm³/mol. The van der Waals surface area contributed by atoms with Crippen molar-refractivity contribution in [2.24, 2.45) is 0 Å². The van der Waals surface area contributed by atoms with Crippen LogP contribution in [0.3, 0.4) is 0 Å². The number of aromatic amines is 2. The zero-order valence-electron chi connectivity index (χ0n) is 12.4. The summed E-state index contributed by atoms with van der Waals surface area (Å²) in [6.45, 7) is 0. The number of halogens is 2. The molecule has 3 aromatic rings. The van der Waals surface area contributed by atoms with Gasteiger partial charge in [-0.05, 0) is 46.5 Å². The molecule has 2 aromatic heterocycles. The highest BCUT2D eigenvalue weighted by atomic mass is 79.9. The van der Waals surface area contributed by atoms with E-state index in [4.69, 9.17) is 16.3 Å². The summed E-state index contributed by atoms with van der Waals surface area (Å²) in [5.74, 6) is -0.104. The number of thioether (sulfide) groups is 1. The topological polar surface area (TPSA) is 57.9 Å². The Labute approximate surface area is 151 Å². The van der Waals surface area contributed by atoms with Crippen LogP contribution in [-0.4, -0.2) is 34.6 Å². The second-order valence-electron chi connectivity index (χ2n) is 4.94. The minimum absolute atomic E-state index is 0.104. The number of nitrogens with one attached hydrogen (secondary N) is 2. The molecule has 4 nitrogen and oxygen atoms in total. The van der Waals surface area contributed by atoms with E-state index in [-0.39, 0.29) is 5.78 Å². The van der Waals surface area contributed by atoms with Crippen molar-refractivity contribution in [2.45, 2.75) is 5.44 Å². The first kappa shape index (κ1) is 16.6. The fourth-order valence-electron chi connectivity index (χ4n) is 2.57. The van der Waals surface area contributed by atoms with Crippen LogP contribution >= 0.6 is 39.3 Å². The Morgan fingerprint density at radius 3 is 2.83 bits per heavy atom. The maximum absolute atomic E-state index is 12.8. The molecule has 0 amide bonds. The van der Waals surface area contributed by atoms with Crippen molar-refractivity contribution >= 4 is 56.0 Å². The van der Waals surface area contributed by atoms with Crippen molar-refractivity contribution in [1.29, 1.82) is 0 Å². The Morgan fingerprint density at radius 1 is 1.43 bits per heavy atom. The largest absolute Gasteiger partial charge is 0.362 e. The van der Waals surface area contributed by atoms with Gasteiger partial charge >= 0.3 is 0 Å². The Balaban J connectivity index is 2.28. The maximum atomic E-state index is 12.8. The van der Waals surface area contributed by atoms with E-state index in [1.165, 1.54) is 18.9 Å². The number of hydrogen-bond acceptors (Lipinski definition) is 3. The van der Waals surface area contributed by atoms with Crippen LogP contribution in [0.4, 0.5) is 0 Å². The second kappa shape index (κ2) is 6.73. The minimum Gasteiger partial charge on any atom is -0.362 e. The van der Waals surface area contributed by atoms with E-state index in [1.807, 2.05) is 36.7 Å². The van der Waals surface area contributed by atoms with Gasteiger partial charge in [0.2, 0.25) is 5.78 Å². The predicted octanol–water partition coefficient (Wildman–Crippen LogP) is 5.10. The summed E-state index contributed by atoms with van der Waals surface area (Å²) in [6, 6.07) is 7.55. The molecule has 3 rings (SSSR count). The number of Topliss-reactive ketones (excluding diaryl/α,β-unsaturated/α-hetero) is 1. The van der Waals surface area contributed by atoms with Gasteiger partial charge in [0.25, 0.3) is 0 Å². The molecule has 0 aliphatic heterocycles. The third-order valence-corrected chi connectivity index (χ3v) is 5.63. The molecular formula is C16H14BrClN2O2S. The highest BCUT2D eigenvalue weighted by Gasteiger charge is 2.26. The second-order valence-corrected chi connectivity index (χ2v) is 7.10. The number of ketones is 1. The van der Waals surface area contributed by atoms with Crippen molar-refractivity contribution < 1.29 is 9.53 Å². The minimum atomic E-state index is -0.560. The van der Waals surface area contributed by atoms with Crippen molar-refractivity contribution in [2.75, 3.05) is 13.4 Å². The van der Waals surface area contributed by atoms with E-state index in [1.54, 1.807) is 0 Å². The number of aromatic nitrogens is 2. The quantitative estimate of drug-likeness (QED) is 0.452. The van der Waals surface area contributed by atoms with Crippen LogP contribution in [-0.2, 0) is 4.74 Å². The number of methoxy groups -OCH3 is 1. The summed E-state index contributed by atoms with van der Waals surface area (Å²) in [5.41, 5.74) is 2.45. The first-order valence-corrected chi connectivity index (χ1v) is 9.27. The van der Waals surface area contributed by atoms with Crippen LogP contribution in [0, 0.1) is 0 Å². The molecule has 1 atom stereocenters. The lowest BCUT2D eigenvalue weighted by atomic mass is 10.1. The van der Waals surface area contributed by atoms with E-state index < -0.39 is 5.44 Å². The molecule has 0 aliphatic rings. The van der Waals surface area contributed by atoms with Gasteiger partial charge in [0, 0.05) is 39.9 Å². The molecule has 0 spiro atoms. The summed E-state index contributed by atoms with van der Waals surface area (Å²) in [6.07, 6.45) is 3.67. The highest BCUT2D eigenvalue weighted by Crippen LogP contribution is 2.37. The third-order valence-electron chi connectivity index (χ3n) is 3.60. The Hall–Kier alpha value is -1.21. The lowest BCUT2D eigenvalue weighted by Gasteiger charge is -2.11. The summed E-state index contributed by atoms with van der Waals surface area (Å²) in [5, 5.41) is 1.48. The summed E-state index contributed by atoms with van der Waals surface area (Å²) >= 11 is 11.0. The molecule has 23 heavy (non-hydrogen) atoms. The fraction of sp³-hybridized carbons (Fsp3) is 0.188. The number of ether oxygens (including phenoxy) is 1. The summed E-state index contributed by atoms with van der Waals surface area (Å²) in [4.78, 5) is 19.2. The van der Waals surface area contributed by atoms with Gasteiger partial charge in [0.05, 0.1) is 10.7 Å². The average molecular weight is 414 g/mol. The van der Waals surface area contributed by atoms with Gasteiger partial charge in [0.1, 0.15) is 0 Å². The van der Waals surface area contributed by atoms with E-state index in [9.17, 15) is 4.79 Å². The van der Waals surface area contributed by atoms with Crippen molar-refractivity contribution in [3.8, 4) is 11.3 Å². The van der Waals surface area contributed by atoms with Gasteiger partial charge in [-0.25, -0.2) is 0 Å². The molecule has 2 heterocycles. The van der Waals surface area contributed by atoms with Crippen molar-refractivity contribution in [1.82, 2.24) is 9.97 Å². The van der Waals surface area contributed by atoms with Gasteiger partial charge in [-0.3, -0.25) is 4.79 Å². The number of benzene rings is 1. The van der Waals surface area contributed by atoms with Crippen LogP contribution < -0.4 is 0 Å². The molecule has 0 aliphatic carbocycles. The molecule has 120 valence electrons. The molecule has 2 N–H and O–H groups in total. The number of rotatable bonds is 5. The normalized spacial score (nSPS) is 12.7. The van der Waals surface area contributed by atoms with Crippen molar-refractivity contribution in [3.05, 3.63) is 45.7 Å². The number of carbonyl (C=O) groups is 1. The number of H-pyrrole nitrogens is 2. The number of fused-ring (bicyclic) bond motifs is 1. The standard InChI is InChI=1S/C16H14BrClN2O2S/c1-22-16(23-2)15(21)14-13(11-4-3-5-19-11)8-6-10(18)9(17)7-12(8)20-14/h3-7,16,19-20H,1-2H3. The lowest BCUT2D eigenvalue weighted by Crippen LogP contribution is -2.20. The first-order valence-electron chi connectivity index (χ1n) is 6.81. The Kier molecular flexibility index (Phi) is 4.87. The smallest absolute Gasteiger partial charge is 0.218 e. The van der Waals surface area contributed by atoms with Gasteiger partial charge in [-0.15, -0.1) is 11.8 Å². The maximum Gasteiger partial charge on any atom is 0.218 e. The molecular weight excluding hydrogens is 400 g/mol. The monoisotopic (exact) mass is 412 g/mol. The fourth-order valence-corrected chi connectivity index (χ4v) is 3.60. The average Bonchev–Trinajstić information content (AvgIpc) is 3.16. The van der Waals surface area contributed by atoms with Gasteiger partial charge < -0.3 is 14.7 Å². The molecule has 1 aromatic carbocycles. The zero-order chi connectivity index (χ0) is 16.6. The van der Waals surface area contributed by atoms with E-state index in [0.717, 1.165) is 26.6 Å². The van der Waals surface area contributed by atoms with Crippen LogP contribution in [0.2, 0.25) is 5.02 Å². The van der Waals surface area contributed by atoms with E-state index in [0.29, 0.717) is 10.7 Å². The SMILES string of the molecule is COC(SC)C(=O)c1[nH]c2cc(Br)c(Cl)cc2c1-c1ccc[nH]1. The van der Waals surface area contributed by atoms with Crippen LogP contribution in [0.1, 0.15) is 10.5 Å². The Bertz CT molecular complexity index is 857. The molecule has 0 fully saturated rings. The lowest BCUT2D eigenvalue weighted by molar-refractivity contribution is 0.0791. The third kappa shape index (κ3) is 2.96. The summed E-state index contributed by atoms with van der Waals surface area (Å²) in [7, 11) is 1.53. The van der Waals surface area contributed by atoms with Gasteiger partial charge in [0.15, 0.2) is 5.44 Å². The molecule has 0 saturated carbocycles. The van der Waals surface area contributed by atoms with E-state index >= 15 is 0 Å². The molecule has 0 saturated heterocycles. The molecule has 0 radical (unpaired) electrons. The molecule has 0 bridgehead atoms.